The fourth-order valence-electron chi connectivity index (χ4n) is 1.31. The van der Waals surface area contributed by atoms with Gasteiger partial charge in [0.1, 0.15) is 0 Å². The molecule has 1 aromatic heterocycles. The highest BCUT2D eigenvalue weighted by molar-refractivity contribution is 7.12. The van der Waals surface area contributed by atoms with E-state index in [1.807, 2.05) is 11.3 Å². The zero-order chi connectivity index (χ0) is 9.14. The Balaban J connectivity index is 2.57. The van der Waals surface area contributed by atoms with Crippen molar-refractivity contribution in [2.75, 3.05) is 0 Å². The van der Waals surface area contributed by atoms with Crippen molar-refractivity contribution in [1.82, 2.24) is 0 Å². The van der Waals surface area contributed by atoms with E-state index < -0.39 is 0 Å². The van der Waals surface area contributed by atoms with Gasteiger partial charge in [-0.25, -0.2) is 0 Å². The molecule has 2 N–H and O–H groups in total. The van der Waals surface area contributed by atoms with Crippen LogP contribution in [0.4, 0.5) is 0 Å². The molecule has 0 saturated heterocycles. The Bertz CT molecular complexity index is 250. The van der Waals surface area contributed by atoms with Crippen molar-refractivity contribution >= 4 is 11.3 Å². The Morgan fingerprint density at radius 1 is 1.50 bits per heavy atom. The van der Waals surface area contributed by atoms with Crippen LogP contribution in [-0.4, -0.2) is 6.04 Å². The maximum absolute atomic E-state index is 5.70. The van der Waals surface area contributed by atoms with Gasteiger partial charge in [-0.05, 0) is 45.2 Å². The molecule has 0 aliphatic carbocycles. The summed E-state index contributed by atoms with van der Waals surface area (Å²) in [6.07, 6.45) is 2.23. The van der Waals surface area contributed by atoms with Crippen molar-refractivity contribution in [3.63, 3.8) is 0 Å². The molecule has 2 heteroatoms. The molecule has 0 radical (unpaired) electrons. The molecule has 1 atom stereocenters. The standard InChI is InChI=1S/C10H17NS/c1-7(11)4-5-10-6-8(2)12-9(10)3/h6-7H,4-5,11H2,1-3H3/t7-/m1/s1. The molecule has 0 unspecified atom stereocenters. The summed E-state index contributed by atoms with van der Waals surface area (Å²) in [5.41, 5.74) is 7.18. The predicted octanol–water partition coefficient (Wildman–Crippen LogP) is 2.64. The summed E-state index contributed by atoms with van der Waals surface area (Å²) < 4.78 is 0. The third kappa shape index (κ3) is 2.61. The van der Waals surface area contributed by atoms with Gasteiger partial charge in [-0.1, -0.05) is 0 Å². The normalized spacial score (nSPS) is 13.3. The second kappa shape index (κ2) is 4.06. The summed E-state index contributed by atoms with van der Waals surface area (Å²) in [6, 6.07) is 2.60. The Kier molecular flexibility index (Phi) is 3.29. The van der Waals surface area contributed by atoms with Gasteiger partial charge in [0.05, 0.1) is 0 Å². The van der Waals surface area contributed by atoms with Crippen molar-refractivity contribution in [2.45, 2.75) is 39.7 Å². The molecule has 0 saturated carbocycles. The highest BCUT2D eigenvalue weighted by atomic mass is 32.1. The van der Waals surface area contributed by atoms with E-state index in [1.54, 1.807) is 0 Å². The zero-order valence-corrected chi connectivity index (χ0v) is 8.87. The Labute approximate surface area is 78.6 Å². The van der Waals surface area contributed by atoms with Crippen LogP contribution >= 0.6 is 11.3 Å². The summed E-state index contributed by atoms with van der Waals surface area (Å²) in [4.78, 5) is 2.86. The van der Waals surface area contributed by atoms with Gasteiger partial charge < -0.3 is 5.73 Å². The summed E-state index contributed by atoms with van der Waals surface area (Å²) >= 11 is 1.88. The number of nitrogens with two attached hydrogens (primary N) is 1. The molecule has 1 aromatic rings. The van der Waals surface area contributed by atoms with Crippen molar-refractivity contribution in [3.8, 4) is 0 Å². The van der Waals surface area contributed by atoms with Crippen LogP contribution in [0.25, 0.3) is 0 Å². The molecule has 0 bridgehead atoms. The van der Waals surface area contributed by atoms with Crippen LogP contribution in [0.2, 0.25) is 0 Å². The molecule has 68 valence electrons. The van der Waals surface area contributed by atoms with Crippen LogP contribution < -0.4 is 5.73 Å². The van der Waals surface area contributed by atoms with E-state index in [9.17, 15) is 0 Å². The van der Waals surface area contributed by atoms with Crippen LogP contribution in [0.3, 0.4) is 0 Å². The Morgan fingerprint density at radius 3 is 2.58 bits per heavy atom. The fourth-order valence-corrected chi connectivity index (χ4v) is 2.29. The lowest BCUT2D eigenvalue weighted by molar-refractivity contribution is 0.666. The summed E-state index contributed by atoms with van der Waals surface area (Å²) in [5.74, 6) is 0. The van der Waals surface area contributed by atoms with Gasteiger partial charge in [-0.15, -0.1) is 11.3 Å². The van der Waals surface area contributed by atoms with Gasteiger partial charge in [0, 0.05) is 15.8 Å². The monoisotopic (exact) mass is 183 g/mol. The SMILES string of the molecule is Cc1cc(CC[C@@H](C)N)c(C)s1. The lowest BCUT2D eigenvalue weighted by Crippen LogP contribution is -2.15. The minimum absolute atomic E-state index is 0.324. The minimum Gasteiger partial charge on any atom is -0.328 e. The first-order valence-corrected chi connectivity index (χ1v) is 5.22. The van der Waals surface area contributed by atoms with Crippen LogP contribution in [0, 0.1) is 13.8 Å². The Hall–Kier alpha value is -0.340. The molecule has 0 aliphatic heterocycles. The second-order valence-corrected chi connectivity index (χ2v) is 4.91. The molecular weight excluding hydrogens is 166 g/mol. The molecule has 0 aromatic carbocycles. The summed E-state index contributed by atoms with van der Waals surface area (Å²) in [6.45, 7) is 6.41. The second-order valence-electron chi connectivity index (χ2n) is 3.45. The van der Waals surface area contributed by atoms with Crippen LogP contribution in [0.5, 0.6) is 0 Å². The van der Waals surface area contributed by atoms with Gasteiger partial charge in [-0.3, -0.25) is 0 Å². The largest absolute Gasteiger partial charge is 0.328 e. The van der Waals surface area contributed by atoms with Crippen molar-refractivity contribution in [3.05, 3.63) is 21.4 Å². The first-order chi connectivity index (χ1) is 5.59. The molecular formula is C10H17NS. The van der Waals surface area contributed by atoms with Gasteiger partial charge in [0.25, 0.3) is 0 Å². The van der Waals surface area contributed by atoms with Crippen molar-refractivity contribution < 1.29 is 0 Å². The van der Waals surface area contributed by atoms with Gasteiger partial charge in [0.2, 0.25) is 0 Å². The lowest BCUT2D eigenvalue weighted by atomic mass is 10.1. The summed E-state index contributed by atoms with van der Waals surface area (Å²) in [5, 5.41) is 0. The predicted molar refractivity (Wildman–Crippen MR) is 55.8 cm³/mol. The number of thiophene rings is 1. The maximum Gasteiger partial charge on any atom is 0.00490 e. The molecule has 0 amide bonds. The number of hydrogen-bond donors (Lipinski definition) is 1. The lowest BCUT2D eigenvalue weighted by Gasteiger charge is -2.03. The first kappa shape index (κ1) is 9.75. The van der Waals surface area contributed by atoms with E-state index in [2.05, 4.69) is 26.8 Å². The average Bonchev–Trinajstić information content (AvgIpc) is 2.26. The summed E-state index contributed by atoms with van der Waals surface area (Å²) in [7, 11) is 0. The molecule has 0 fully saturated rings. The topological polar surface area (TPSA) is 26.0 Å². The fraction of sp³-hybridized carbons (Fsp3) is 0.600. The smallest absolute Gasteiger partial charge is 0.00490 e. The Morgan fingerprint density at radius 2 is 2.17 bits per heavy atom. The maximum atomic E-state index is 5.70. The zero-order valence-electron chi connectivity index (χ0n) is 8.05. The van der Waals surface area contributed by atoms with Crippen molar-refractivity contribution in [2.24, 2.45) is 5.73 Å². The molecule has 1 nitrogen and oxygen atoms in total. The average molecular weight is 183 g/mol. The van der Waals surface area contributed by atoms with Gasteiger partial charge in [0.15, 0.2) is 0 Å². The van der Waals surface area contributed by atoms with Crippen molar-refractivity contribution in [1.29, 1.82) is 0 Å². The highest BCUT2D eigenvalue weighted by Crippen LogP contribution is 2.21. The minimum atomic E-state index is 0.324. The van der Waals surface area contributed by atoms with Crippen LogP contribution in [-0.2, 0) is 6.42 Å². The quantitative estimate of drug-likeness (QED) is 0.766. The highest BCUT2D eigenvalue weighted by Gasteiger charge is 2.03. The molecule has 1 rings (SSSR count). The van der Waals surface area contributed by atoms with Crippen LogP contribution in [0.15, 0.2) is 6.07 Å². The molecule has 12 heavy (non-hydrogen) atoms. The van der Waals surface area contributed by atoms with E-state index in [0.717, 1.165) is 12.8 Å². The van der Waals surface area contributed by atoms with E-state index >= 15 is 0 Å². The number of rotatable bonds is 3. The third-order valence-electron chi connectivity index (χ3n) is 2.01. The van der Waals surface area contributed by atoms with Gasteiger partial charge in [-0.2, -0.15) is 0 Å². The van der Waals surface area contributed by atoms with E-state index in [-0.39, 0.29) is 0 Å². The van der Waals surface area contributed by atoms with Crippen LogP contribution in [0.1, 0.15) is 28.7 Å². The number of aryl methyl sites for hydroxylation is 3. The first-order valence-electron chi connectivity index (χ1n) is 4.41. The van der Waals surface area contributed by atoms with E-state index in [1.165, 1.54) is 15.3 Å². The van der Waals surface area contributed by atoms with E-state index in [0.29, 0.717) is 6.04 Å². The molecule has 1 heterocycles. The van der Waals surface area contributed by atoms with E-state index in [4.69, 9.17) is 5.73 Å². The number of hydrogen-bond acceptors (Lipinski definition) is 2. The van der Waals surface area contributed by atoms with Gasteiger partial charge >= 0.3 is 0 Å². The molecule has 0 aliphatic rings. The third-order valence-corrected chi connectivity index (χ3v) is 3.02. The molecule has 0 spiro atoms.